The molecule has 6 nitrogen and oxygen atoms in total. The van der Waals surface area contributed by atoms with Crippen LogP contribution in [0.25, 0.3) is 10.9 Å². The zero-order chi connectivity index (χ0) is 25.3. The van der Waals surface area contributed by atoms with Crippen molar-refractivity contribution in [3.8, 4) is 0 Å². The number of benzene rings is 1. The lowest BCUT2D eigenvalue weighted by Crippen LogP contribution is -2.51. The fourth-order valence-electron chi connectivity index (χ4n) is 5.68. The van der Waals surface area contributed by atoms with E-state index < -0.39 is 19.9 Å². The Bertz CT molecular complexity index is 979. The average molecular weight is 474 g/mol. The maximum Gasteiger partial charge on any atom is 0.412 e. The smallest absolute Gasteiger partial charge is 0.412 e. The average Bonchev–Trinajstić information content (AvgIpc) is 2.98. The largest absolute Gasteiger partial charge is 0.444 e. The molecule has 0 saturated carbocycles. The standard InChI is InChI=1S/C26H43N3O3Si/c1-17(2)33(18(3)4,19(5)6)29-15-21(14-28(10)11)23-22(29)13-12-20(16-30)24(23)27-25(31)32-26(7,8)9/h12-13,15-19H,14H2,1-11H3,(H,27,31). The van der Waals surface area contributed by atoms with Gasteiger partial charge in [0.05, 0.1) is 5.69 Å². The molecule has 1 aromatic heterocycles. The fraction of sp³-hybridized carbons (Fsp3) is 0.615. The van der Waals surface area contributed by atoms with Crippen molar-refractivity contribution in [2.24, 2.45) is 0 Å². The van der Waals surface area contributed by atoms with Crippen LogP contribution < -0.4 is 5.32 Å². The Morgan fingerprint density at radius 3 is 2.06 bits per heavy atom. The van der Waals surface area contributed by atoms with Gasteiger partial charge in [0, 0.05) is 29.2 Å². The van der Waals surface area contributed by atoms with Gasteiger partial charge >= 0.3 is 6.09 Å². The SMILES string of the molecule is CC(C)[Si](C(C)C)(C(C)C)n1cc(CN(C)C)c2c(NC(=O)OC(C)(C)C)c(C=O)ccc21. The number of nitrogens with zero attached hydrogens (tertiary/aromatic N) is 2. The van der Waals surface area contributed by atoms with Gasteiger partial charge in [-0.05, 0) is 69.2 Å². The molecule has 1 aromatic carbocycles. The number of hydrogen-bond acceptors (Lipinski definition) is 4. The number of carbonyl (C=O) groups excluding carboxylic acids is 2. The van der Waals surface area contributed by atoms with Crippen LogP contribution in [-0.2, 0) is 11.3 Å². The summed E-state index contributed by atoms with van der Waals surface area (Å²) < 4.78 is 8.06. The van der Waals surface area contributed by atoms with Gasteiger partial charge in [-0.3, -0.25) is 10.1 Å². The number of nitrogens with one attached hydrogen (secondary N) is 1. The predicted molar refractivity (Wildman–Crippen MR) is 141 cm³/mol. The van der Waals surface area contributed by atoms with Gasteiger partial charge in [-0.25, -0.2) is 4.79 Å². The monoisotopic (exact) mass is 473 g/mol. The van der Waals surface area contributed by atoms with Crippen molar-refractivity contribution < 1.29 is 14.3 Å². The third-order valence-electron chi connectivity index (χ3n) is 6.51. The molecule has 0 unspecified atom stereocenters. The number of fused-ring (bicyclic) bond motifs is 1. The van der Waals surface area contributed by atoms with Gasteiger partial charge in [0.1, 0.15) is 5.60 Å². The molecule has 0 aliphatic heterocycles. The van der Waals surface area contributed by atoms with E-state index in [0.717, 1.165) is 22.8 Å². The molecular formula is C26H43N3O3Si. The van der Waals surface area contributed by atoms with Crippen molar-refractivity contribution in [1.82, 2.24) is 9.13 Å². The normalized spacial score (nSPS) is 12.9. The number of amides is 1. The first kappa shape index (κ1) is 27.1. The molecule has 1 N–H and O–H groups in total. The zero-order valence-corrected chi connectivity index (χ0v) is 23.4. The van der Waals surface area contributed by atoms with Crippen LogP contribution in [0.1, 0.15) is 78.2 Å². The van der Waals surface area contributed by atoms with Gasteiger partial charge < -0.3 is 13.9 Å². The molecule has 0 fully saturated rings. The first-order valence-electron chi connectivity index (χ1n) is 11.9. The molecule has 33 heavy (non-hydrogen) atoms. The van der Waals surface area contributed by atoms with Crippen LogP contribution >= 0.6 is 0 Å². The number of carbonyl (C=O) groups is 2. The van der Waals surface area contributed by atoms with Gasteiger partial charge in [0.25, 0.3) is 0 Å². The first-order chi connectivity index (χ1) is 15.2. The van der Waals surface area contributed by atoms with Crippen molar-refractivity contribution in [2.45, 2.75) is 91.1 Å². The predicted octanol–water partition coefficient (Wildman–Crippen LogP) is 6.89. The lowest BCUT2D eigenvalue weighted by Gasteiger charge is -2.44. The quantitative estimate of drug-likeness (QED) is 0.335. The number of aromatic nitrogens is 1. The lowest BCUT2D eigenvalue weighted by atomic mass is 10.1. The van der Waals surface area contributed by atoms with E-state index in [2.05, 4.69) is 62.2 Å². The molecule has 0 bridgehead atoms. The minimum Gasteiger partial charge on any atom is -0.444 e. The van der Waals surface area contributed by atoms with Crippen LogP contribution in [0.5, 0.6) is 0 Å². The molecule has 0 spiro atoms. The van der Waals surface area contributed by atoms with E-state index in [9.17, 15) is 9.59 Å². The molecule has 1 heterocycles. The third-order valence-corrected chi connectivity index (χ3v) is 13.3. The molecule has 0 aliphatic carbocycles. The van der Waals surface area contributed by atoms with Crippen LogP contribution in [-0.4, -0.2) is 49.4 Å². The minimum absolute atomic E-state index is 0.456. The van der Waals surface area contributed by atoms with E-state index >= 15 is 0 Å². The van der Waals surface area contributed by atoms with E-state index in [1.165, 1.54) is 0 Å². The van der Waals surface area contributed by atoms with Gasteiger partial charge in [-0.15, -0.1) is 0 Å². The highest BCUT2D eigenvalue weighted by molar-refractivity contribution is 6.82. The maximum atomic E-state index is 12.7. The second-order valence-electron chi connectivity index (χ2n) is 11.3. The van der Waals surface area contributed by atoms with Gasteiger partial charge in [0.2, 0.25) is 0 Å². The summed E-state index contributed by atoms with van der Waals surface area (Å²) in [4.78, 5) is 26.9. The van der Waals surface area contributed by atoms with Crippen molar-refractivity contribution in [2.75, 3.05) is 19.4 Å². The van der Waals surface area contributed by atoms with Crippen molar-refractivity contribution >= 4 is 37.2 Å². The Labute approximate surface area is 200 Å². The molecule has 7 heteroatoms. The summed E-state index contributed by atoms with van der Waals surface area (Å²) in [6.45, 7) is 20.2. The van der Waals surface area contributed by atoms with E-state index in [1.807, 2.05) is 47.0 Å². The lowest BCUT2D eigenvalue weighted by molar-refractivity contribution is 0.0636. The number of aldehydes is 1. The Morgan fingerprint density at radius 1 is 1.09 bits per heavy atom. The summed E-state index contributed by atoms with van der Waals surface area (Å²) in [5.41, 5.74) is 4.06. The number of anilines is 1. The van der Waals surface area contributed by atoms with E-state index in [-0.39, 0.29) is 0 Å². The van der Waals surface area contributed by atoms with Crippen LogP contribution in [0, 0.1) is 0 Å². The van der Waals surface area contributed by atoms with Crippen LogP contribution in [0.4, 0.5) is 10.5 Å². The minimum atomic E-state index is -2.06. The third kappa shape index (κ3) is 5.35. The summed E-state index contributed by atoms with van der Waals surface area (Å²) in [6.07, 6.45) is 2.54. The van der Waals surface area contributed by atoms with Crippen LogP contribution in [0.15, 0.2) is 18.3 Å². The molecule has 184 valence electrons. The fourth-order valence-corrected chi connectivity index (χ4v) is 12.3. The maximum absolute atomic E-state index is 12.7. The second kappa shape index (κ2) is 10.0. The van der Waals surface area contributed by atoms with Gasteiger partial charge in [-0.2, -0.15) is 0 Å². The van der Waals surface area contributed by atoms with E-state index in [0.29, 0.717) is 34.4 Å². The van der Waals surface area contributed by atoms with E-state index in [1.54, 1.807) is 0 Å². The van der Waals surface area contributed by atoms with Gasteiger partial charge in [0.15, 0.2) is 14.5 Å². The molecule has 0 radical (unpaired) electrons. The van der Waals surface area contributed by atoms with Crippen molar-refractivity contribution in [1.29, 1.82) is 0 Å². The zero-order valence-electron chi connectivity index (χ0n) is 22.4. The molecule has 2 aromatic rings. The molecule has 0 aliphatic rings. The highest BCUT2D eigenvalue weighted by atomic mass is 28.3. The van der Waals surface area contributed by atoms with Crippen LogP contribution in [0.2, 0.25) is 16.6 Å². The summed E-state index contributed by atoms with van der Waals surface area (Å²) in [5, 5.41) is 3.85. The highest BCUT2D eigenvalue weighted by Gasteiger charge is 2.46. The number of ether oxygens (including phenoxy) is 1. The summed E-state index contributed by atoms with van der Waals surface area (Å²) in [6, 6.07) is 3.87. The Morgan fingerprint density at radius 2 is 1.64 bits per heavy atom. The van der Waals surface area contributed by atoms with Crippen molar-refractivity contribution in [3.63, 3.8) is 0 Å². The molecule has 0 saturated heterocycles. The molecule has 1 amide bonds. The summed E-state index contributed by atoms with van der Waals surface area (Å²) in [5.74, 6) is 0. The molecule has 2 rings (SSSR count). The summed E-state index contributed by atoms with van der Waals surface area (Å²) >= 11 is 0. The topological polar surface area (TPSA) is 63.6 Å². The second-order valence-corrected chi connectivity index (χ2v) is 17.0. The van der Waals surface area contributed by atoms with Crippen molar-refractivity contribution in [3.05, 3.63) is 29.5 Å². The number of hydrogen-bond donors (Lipinski definition) is 1. The Kier molecular flexibility index (Phi) is 8.23. The van der Waals surface area contributed by atoms with E-state index in [4.69, 9.17) is 4.74 Å². The Balaban J connectivity index is 2.92. The summed E-state index contributed by atoms with van der Waals surface area (Å²) in [7, 11) is 2.01. The molecular weight excluding hydrogens is 430 g/mol. The highest BCUT2D eigenvalue weighted by Crippen LogP contribution is 2.46. The first-order valence-corrected chi connectivity index (χ1v) is 14.1. The number of rotatable bonds is 8. The Hall–Kier alpha value is -2.12. The molecule has 0 atom stereocenters. The van der Waals surface area contributed by atoms with Crippen LogP contribution in [0.3, 0.4) is 0 Å². The van der Waals surface area contributed by atoms with Gasteiger partial charge in [-0.1, -0.05) is 41.5 Å².